The molecule has 1 N–H and O–H groups in total. The number of benzene rings is 2. The van der Waals surface area contributed by atoms with Gasteiger partial charge in [0.1, 0.15) is 5.75 Å². The van der Waals surface area contributed by atoms with Gasteiger partial charge in [0.15, 0.2) is 0 Å². The van der Waals surface area contributed by atoms with Crippen LogP contribution in [0.5, 0.6) is 5.75 Å². The third-order valence-electron chi connectivity index (χ3n) is 4.83. The molecular weight excluding hydrogens is 400 g/mol. The highest BCUT2D eigenvalue weighted by Gasteiger charge is 2.28. The molecule has 0 bridgehead atoms. The molecule has 0 atom stereocenters. The highest BCUT2D eigenvalue weighted by Crippen LogP contribution is 2.25. The first-order chi connectivity index (χ1) is 13.3. The lowest BCUT2D eigenvalue weighted by atomic mass is 10.0. The minimum absolute atomic E-state index is 0.167. The van der Waals surface area contributed by atoms with E-state index in [0.29, 0.717) is 42.3 Å². The maximum absolute atomic E-state index is 12.8. The molecule has 28 heavy (non-hydrogen) atoms. The van der Waals surface area contributed by atoms with Crippen molar-refractivity contribution in [1.82, 2.24) is 9.62 Å². The van der Waals surface area contributed by atoms with E-state index in [1.807, 2.05) is 6.92 Å². The Kier molecular flexibility index (Phi) is 6.27. The van der Waals surface area contributed by atoms with Gasteiger partial charge in [0.05, 0.1) is 17.6 Å². The molecule has 1 amide bonds. The molecule has 1 heterocycles. The van der Waals surface area contributed by atoms with Crippen LogP contribution in [0.2, 0.25) is 5.02 Å². The van der Waals surface area contributed by atoms with Crippen molar-refractivity contribution >= 4 is 27.5 Å². The molecule has 1 aliphatic heterocycles. The van der Waals surface area contributed by atoms with Crippen molar-refractivity contribution < 1.29 is 17.9 Å². The molecule has 150 valence electrons. The number of aryl methyl sites for hydroxylation is 1. The van der Waals surface area contributed by atoms with Crippen LogP contribution in [0, 0.1) is 6.92 Å². The SMILES string of the molecule is COc1ccc(Cl)cc1C(=O)N1CCC(NS(=O)(=O)c2ccc(C)cc2)CC1. The van der Waals surface area contributed by atoms with Gasteiger partial charge in [-0.1, -0.05) is 29.3 Å². The quantitative estimate of drug-likeness (QED) is 0.802. The average Bonchev–Trinajstić information content (AvgIpc) is 2.68. The smallest absolute Gasteiger partial charge is 0.257 e. The summed E-state index contributed by atoms with van der Waals surface area (Å²) in [6.45, 7) is 2.82. The molecule has 2 aromatic rings. The molecule has 1 fully saturated rings. The number of carbonyl (C=O) groups is 1. The molecule has 0 unspecified atom stereocenters. The minimum Gasteiger partial charge on any atom is -0.496 e. The van der Waals surface area contributed by atoms with Crippen LogP contribution < -0.4 is 9.46 Å². The Morgan fingerprint density at radius 2 is 1.79 bits per heavy atom. The van der Waals surface area contributed by atoms with E-state index in [1.54, 1.807) is 47.4 Å². The van der Waals surface area contributed by atoms with E-state index in [0.717, 1.165) is 5.56 Å². The van der Waals surface area contributed by atoms with Crippen molar-refractivity contribution in [3.8, 4) is 5.75 Å². The van der Waals surface area contributed by atoms with Crippen LogP contribution in [0.25, 0.3) is 0 Å². The Bertz CT molecular complexity index is 953. The van der Waals surface area contributed by atoms with Crippen molar-refractivity contribution in [2.45, 2.75) is 30.7 Å². The summed E-state index contributed by atoms with van der Waals surface area (Å²) in [5.74, 6) is 0.302. The van der Waals surface area contributed by atoms with Gasteiger partial charge in [-0.05, 0) is 50.1 Å². The maximum atomic E-state index is 12.8. The highest BCUT2D eigenvalue weighted by molar-refractivity contribution is 7.89. The fraction of sp³-hybridized carbons (Fsp3) is 0.350. The minimum atomic E-state index is -3.57. The topological polar surface area (TPSA) is 75.7 Å². The first-order valence-corrected chi connectivity index (χ1v) is 10.9. The largest absolute Gasteiger partial charge is 0.496 e. The number of halogens is 1. The van der Waals surface area contributed by atoms with Crippen LogP contribution >= 0.6 is 11.6 Å². The van der Waals surface area contributed by atoms with E-state index in [2.05, 4.69) is 4.72 Å². The number of ether oxygens (including phenoxy) is 1. The zero-order valence-electron chi connectivity index (χ0n) is 15.8. The molecule has 0 aromatic heterocycles. The van der Waals surface area contributed by atoms with Crippen LogP contribution in [0.3, 0.4) is 0 Å². The third kappa shape index (κ3) is 4.66. The van der Waals surface area contributed by atoms with Crippen molar-refractivity contribution in [2.24, 2.45) is 0 Å². The number of methoxy groups -OCH3 is 1. The number of likely N-dealkylation sites (tertiary alicyclic amines) is 1. The second-order valence-corrected chi connectivity index (χ2v) is 9.00. The van der Waals surface area contributed by atoms with Crippen LogP contribution in [0.4, 0.5) is 0 Å². The summed E-state index contributed by atoms with van der Waals surface area (Å²) in [5, 5.41) is 0.463. The number of rotatable bonds is 5. The summed E-state index contributed by atoms with van der Waals surface area (Å²) in [5.41, 5.74) is 1.41. The molecule has 8 heteroatoms. The van der Waals surface area contributed by atoms with Crippen LogP contribution in [-0.2, 0) is 10.0 Å². The summed E-state index contributed by atoms with van der Waals surface area (Å²) in [6.07, 6.45) is 1.08. The lowest BCUT2D eigenvalue weighted by Gasteiger charge is -2.32. The van der Waals surface area contributed by atoms with E-state index in [9.17, 15) is 13.2 Å². The predicted molar refractivity (Wildman–Crippen MR) is 108 cm³/mol. The van der Waals surface area contributed by atoms with Crippen LogP contribution in [0.1, 0.15) is 28.8 Å². The Hall–Kier alpha value is -2.09. The van der Waals surface area contributed by atoms with E-state index in [-0.39, 0.29) is 16.8 Å². The number of nitrogens with zero attached hydrogens (tertiary/aromatic N) is 1. The zero-order valence-corrected chi connectivity index (χ0v) is 17.4. The Morgan fingerprint density at radius 1 is 1.14 bits per heavy atom. The second kappa shape index (κ2) is 8.51. The summed E-state index contributed by atoms with van der Waals surface area (Å²) >= 11 is 6.02. The first-order valence-electron chi connectivity index (χ1n) is 9.02. The lowest BCUT2D eigenvalue weighted by Crippen LogP contribution is -2.46. The summed E-state index contributed by atoms with van der Waals surface area (Å²) in [4.78, 5) is 14.8. The van der Waals surface area contributed by atoms with Gasteiger partial charge in [0, 0.05) is 24.2 Å². The monoisotopic (exact) mass is 422 g/mol. The highest BCUT2D eigenvalue weighted by atomic mass is 35.5. The molecule has 0 spiro atoms. The number of carbonyl (C=O) groups excluding carboxylic acids is 1. The average molecular weight is 423 g/mol. The van der Waals surface area contributed by atoms with Gasteiger partial charge in [-0.2, -0.15) is 0 Å². The normalized spacial score (nSPS) is 15.5. The molecule has 6 nitrogen and oxygen atoms in total. The van der Waals surface area contributed by atoms with Crippen molar-refractivity contribution in [3.63, 3.8) is 0 Å². The van der Waals surface area contributed by atoms with Gasteiger partial charge < -0.3 is 9.64 Å². The van der Waals surface area contributed by atoms with Crippen LogP contribution in [-0.4, -0.2) is 45.5 Å². The van der Waals surface area contributed by atoms with Crippen molar-refractivity contribution in [3.05, 3.63) is 58.6 Å². The van der Waals surface area contributed by atoms with Crippen molar-refractivity contribution in [1.29, 1.82) is 0 Å². The predicted octanol–water partition coefficient (Wildman–Crippen LogP) is 3.24. The number of amides is 1. The summed E-state index contributed by atoms with van der Waals surface area (Å²) < 4.78 is 33.1. The standard InChI is InChI=1S/C20H23ClN2O4S/c1-14-3-6-17(7-4-14)28(25,26)22-16-9-11-23(12-10-16)20(24)18-13-15(21)5-8-19(18)27-2/h3-8,13,16,22H,9-12H2,1-2H3. The van der Waals surface area contributed by atoms with E-state index in [4.69, 9.17) is 16.3 Å². The maximum Gasteiger partial charge on any atom is 0.257 e. The van der Waals surface area contributed by atoms with E-state index >= 15 is 0 Å². The van der Waals surface area contributed by atoms with Gasteiger partial charge >= 0.3 is 0 Å². The summed E-state index contributed by atoms with van der Waals surface area (Å²) in [7, 11) is -2.07. The van der Waals surface area contributed by atoms with Gasteiger partial charge in [-0.25, -0.2) is 13.1 Å². The fourth-order valence-electron chi connectivity index (χ4n) is 3.22. The lowest BCUT2D eigenvalue weighted by molar-refractivity contribution is 0.0708. The molecule has 2 aromatic carbocycles. The second-order valence-electron chi connectivity index (χ2n) is 6.85. The number of piperidine rings is 1. The Morgan fingerprint density at radius 3 is 2.39 bits per heavy atom. The van der Waals surface area contributed by atoms with E-state index in [1.165, 1.54) is 7.11 Å². The number of hydrogen-bond donors (Lipinski definition) is 1. The molecule has 0 aliphatic carbocycles. The van der Waals surface area contributed by atoms with E-state index < -0.39 is 10.0 Å². The third-order valence-corrected chi connectivity index (χ3v) is 6.60. The molecule has 1 saturated heterocycles. The number of hydrogen-bond acceptors (Lipinski definition) is 4. The summed E-state index contributed by atoms with van der Waals surface area (Å²) in [6, 6.07) is 11.5. The molecule has 3 rings (SSSR count). The number of nitrogens with one attached hydrogen (secondary N) is 1. The van der Waals surface area contributed by atoms with Gasteiger partial charge in [-0.3, -0.25) is 4.79 Å². The zero-order chi connectivity index (χ0) is 20.3. The molecule has 0 radical (unpaired) electrons. The molecule has 0 saturated carbocycles. The Balaban J connectivity index is 1.64. The Labute approximate surface area is 170 Å². The molecule has 1 aliphatic rings. The van der Waals surface area contributed by atoms with Gasteiger partial charge in [0.2, 0.25) is 10.0 Å². The fourth-order valence-corrected chi connectivity index (χ4v) is 4.70. The van der Waals surface area contributed by atoms with Gasteiger partial charge in [0.25, 0.3) is 5.91 Å². The molecular formula is C20H23ClN2O4S. The van der Waals surface area contributed by atoms with Crippen molar-refractivity contribution in [2.75, 3.05) is 20.2 Å². The first kappa shape index (κ1) is 20.6. The number of sulfonamides is 1. The van der Waals surface area contributed by atoms with Crippen LogP contribution in [0.15, 0.2) is 47.4 Å². The van der Waals surface area contributed by atoms with Gasteiger partial charge in [-0.15, -0.1) is 0 Å².